The van der Waals surface area contributed by atoms with Gasteiger partial charge in [-0.3, -0.25) is 81.0 Å². The molecule has 0 aromatic heterocycles. The van der Waals surface area contributed by atoms with Gasteiger partial charge in [0.15, 0.2) is 41.7 Å². The van der Waals surface area contributed by atoms with E-state index in [1.165, 1.54) is 0 Å². The number of carboxylic acid groups (broad SMARTS) is 1. The lowest BCUT2D eigenvalue weighted by atomic mass is 10.0. The van der Waals surface area contributed by atoms with Gasteiger partial charge in [-0.2, -0.15) is 0 Å². The van der Waals surface area contributed by atoms with Crippen LogP contribution in [-0.2, 0) is 43.2 Å². The summed E-state index contributed by atoms with van der Waals surface area (Å²) in [5.74, 6) is -11.3. The third-order valence-electron chi connectivity index (χ3n) is 12.6. The Kier molecular flexibility index (Phi) is 42.0. The highest BCUT2D eigenvalue weighted by Gasteiger charge is 2.34. The molecule has 43 heteroatoms. The van der Waals surface area contributed by atoms with Crippen molar-refractivity contribution in [3.8, 4) is 0 Å². The minimum atomic E-state index is -1.53. The molecule has 0 fully saturated rings. The number of guanidine groups is 7. The van der Waals surface area contributed by atoms with Gasteiger partial charge in [-0.05, 0) is 89.9 Å². The molecule has 0 aromatic rings. The first kappa shape index (κ1) is 81.7. The van der Waals surface area contributed by atoms with Crippen LogP contribution >= 0.6 is 21.6 Å². The number of nitrogens with two attached hydrogens (primary N) is 10. The van der Waals surface area contributed by atoms with Crippen LogP contribution in [0.3, 0.4) is 0 Å². The number of carbonyl (C=O) groups is 9. The zero-order chi connectivity index (χ0) is 69.0. The van der Waals surface area contributed by atoms with Crippen LogP contribution < -0.4 is 132 Å². The summed E-state index contributed by atoms with van der Waals surface area (Å²) in [7, 11) is 2.13. The number of amides is 8. The third kappa shape index (κ3) is 40.8. The molecule has 91 heavy (non-hydrogen) atoms. The van der Waals surface area contributed by atoms with Gasteiger partial charge in [-0.1, -0.05) is 21.6 Å². The minimum Gasteiger partial charge on any atom is -0.480 e. The number of nitrogens with one attached hydrogen (secondary N) is 21. The minimum absolute atomic E-state index is 0.000770. The number of hydrogen-bond acceptors (Lipinski definition) is 20. The van der Waals surface area contributed by atoms with E-state index in [2.05, 4.69) is 74.4 Å². The van der Waals surface area contributed by atoms with Crippen LogP contribution in [0.4, 0.5) is 0 Å². The van der Waals surface area contributed by atoms with E-state index in [4.69, 9.17) is 100 Å². The van der Waals surface area contributed by atoms with Crippen LogP contribution in [0.2, 0.25) is 0 Å². The lowest BCUT2D eigenvalue weighted by molar-refractivity contribution is -0.138. The summed E-state index contributed by atoms with van der Waals surface area (Å²) in [6.45, 7) is 0.365. The van der Waals surface area contributed by atoms with Crippen LogP contribution in [0.5, 0.6) is 0 Å². The van der Waals surface area contributed by atoms with Gasteiger partial charge in [0.2, 0.25) is 47.3 Å². The number of aliphatic carboxylic acids is 1. The van der Waals surface area contributed by atoms with Crippen molar-refractivity contribution in [3.63, 3.8) is 0 Å². The predicted molar refractivity (Wildman–Crippen MR) is 345 cm³/mol. The van der Waals surface area contributed by atoms with Gasteiger partial charge in [-0.25, -0.2) is 0 Å². The molecule has 8 amide bonds. The van der Waals surface area contributed by atoms with E-state index >= 15 is 0 Å². The maximum atomic E-state index is 14.7. The molecule has 516 valence electrons. The third-order valence-corrected chi connectivity index (χ3v) is 15.1. The Labute approximate surface area is 534 Å². The average Bonchev–Trinajstić information content (AvgIpc) is 1.62. The van der Waals surface area contributed by atoms with Crippen molar-refractivity contribution in [1.29, 1.82) is 37.9 Å². The molecule has 0 aliphatic carbocycles. The van der Waals surface area contributed by atoms with Crippen LogP contribution in [0.15, 0.2) is 0 Å². The van der Waals surface area contributed by atoms with E-state index in [1.54, 1.807) is 0 Å². The molecular formula is C48H97N31O10S2. The number of rotatable bonds is 49. The first-order valence-corrected chi connectivity index (χ1v) is 31.3. The van der Waals surface area contributed by atoms with Crippen LogP contribution in [0.25, 0.3) is 0 Å². The Bertz CT molecular complexity index is 2450. The van der Waals surface area contributed by atoms with Crippen molar-refractivity contribution in [2.75, 3.05) is 57.3 Å². The maximum Gasteiger partial charge on any atom is 0.321 e. The molecule has 42 N–H and O–H groups in total. The molecular weight excluding hydrogens is 1230 g/mol. The SMILES string of the molecule is N=C(N)NCCCC(NC(=O)[C@H](CCCNC(=N)N)NC(=O)C(CCCNC(=N)N)NC(=O)[C@H](CCCNC(=N)N)NC(=O)C(CCCNC(=N)N)NC(=O)[C@H](CCCNC(=N)N)NC(=O)[C@@H](N)CSSC[C@H](N)C(=O)O)C(=O)N[C@@H](CCCNC(=N)N)C(N)=O. The largest absolute Gasteiger partial charge is 0.480 e. The molecule has 0 aliphatic rings. The molecule has 0 saturated heterocycles. The highest BCUT2D eigenvalue weighted by atomic mass is 33.1. The fourth-order valence-corrected chi connectivity index (χ4v) is 10.1. The summed E-state index contributed by atoms with van der Waals surface area (Å²) in [4.78, 5) is 123. The standard InChI is InChI=1S/C48H97N31O10S2/c49-24(22-90-91-23-25(50)41(88)89)34(81)74-27(9-2-16-67-43(54)55)36(83)76-29(11-4-18-69-45(58)59)38(85)78-31(13-6-20-71-47(62)63)40(87)79-32(14-7-21-72-48(64)65)39(86)77-30(12-5-19-70-46(60)61)37(84)75-28(10-3-17-68-44(56)57)35(82)73-26(33(51)80)8-1-15-66-42(52)53/h24-32H,1-23,49-50H2,(H2,51,80)(H,73,82)(H,74,81)(H,75,84)(H,76,83)(H,77,86)(H,78,85)(H,79,87)(H,88,89)(H4,52,53,66)(H4,54,55,67)(H4,56,57,68)(H4,58,59,69)(H4,60,61,70)(H4,62,63,71)(H4,64,65,72)/t24-,25-,26-,27-,28?,29?,30-,31-,32?/m0/s1. The highest BCUT2D eigenvalue weighted by molar-refractivity contribution is 8.76. The number of primary amides is 1. The van der Waals surface area contributed by atoms with E-state index in [9.17, 15) is 43.2 Å². The summed E-state index contributed by atoms with van der Waals surface area (Å²) >= 11 is 0. The van der Waals surface area contributed by atoms with Crippen molar-refractivity contribution in [2.24, 2.45) is 57.3 Å². The lowest BCUT2D eigenvalue weighted by Gasteiger charge is -2.28. The van der Waals surface area contributed by atoms with Gasteiger partial charge in [0.1, 0.15) is 48.3 Å². The molecule has 0 aliphatic heterocycles. The van der Waals surface area contributed by atoms with E-state index in [0.29, 0.717) is 0 Å². The van der Waals surface area contributed by atoms with E-state index in [1.807, 2.05) is 0 Å². The lowest BCUT2D eigenvalue weighted by Crippen LogP contribution is -2.60. The summed E-state index contributed by atoms with van der Waals surface area (Å²) < 4.78 is 0. The molecule has 0 bridgehead atoms. The Morgan fingerprint density at radius 2 is 0.473 bits per heavy atom. The van der Waals surface area contributed by atoms with Gasteiger partial charge in [0.05, 0.1) is 6.04 Å². The smallest absolute Gasteiger partial charge is 0.321 e. The van der Waals surface area contributed by atoms with Crippen LogP contribution in [0.1, 0.15) is 89.9 Å². The Morgan fingerprint density at radius 1 is 0.297 bits per heavy atom. The zero-order valence-electron chi connectivity index (χ0n) is 50.7. The van der Waals surface area contributed by atoms with E-state index in [-0.39, 0.29) is 165 Å². The van der Waals surface area contributed by atoms with Crippen LogP contribution in [-0.4, -0.2) is 212 Å². The average molecular weight is 1330 g/mol. The molecule has 0 aromatic carbocycles. The first-order valence-electron chi connectivity index (χ1n) is 28.8. The maximum absolute atomic E-state index is 14.7. The normalized spacial score (nSPS) is 13.6. The Balaban J connectivity index is 7.38. The fourth-order valence-electron chi connectivity index (χ4n) is 7.91. The molecule has 41 nitrogen and oxygen atoms in total. The summed E-state index contributed by atoms with van der Waals surface area (Å²) in [6, 6.07) is -12.5. The zero-order valence-corrected chi connectivity index (χ0v) is 52.3. The molecule has 0 radical (unpaired) electrons. The molecule has 0 saturated carbocycles. The quantitative estimate of drug-likeness (QED) is 0.0116. The van der Waals surface area contributed by atoms with Crippen molar-refractivity contribution >= 4 is 117 Å². The van der Waals surface area contributed by atoms with Gasteiger partial charge < -0.3 is 137 Å². The second kappa shape index (κ2) is 46.8. The van der Waals surface area contributed by atoms with Gasteiger partial charge in [0.25, 0.3) is 0 Å². The highest BCUT2D eigenvalue weighted by Crippen LogP contribution is 2.22. The molecule has 0 rings (SSSR count). The topological polar surface area (TPSA) is 769 Å². The second-order valence-electron chi connectivity index (χ2n) is 20.3. The van der Waals surface area contributed by atoms with E-state index < -0.39 is 131 Å². The van der Waals surface area contributed by atoms with Gasteiger partial charge >= 0.3 is 5.97 Å². The summed E-state index contributed by atoms with van der Waals surface area (Å²) in [5, 5.41) is 98.3. The van der Waals surface area contributed by atoms with Crippen LogP contribution in [0, 0.1) is 37.9 Å². The first-order chi connectivity index (χ1) is 42.8. The number of carboxylic acids is 1. The number of carbonyl (C=O) groups excluding carboxylic acids is 8. The number of hydrogen-bond donors (Lipinski definition) is 32. The van der Waals surface area contributed by atoms with E-state index in [0.717, 1.165) is 21.6 Å². The second-order valence-corrected chi connectivity index (χ2v) is 22.9. The van der Waals surface area contributed by atoms with Crippen molar-refractivity contribution in [3.05, 3.63) is 0 Å². The summed E-state index contributed by atoms with van der Waals surface area (Å²) in [5.41, 5.74) is 55.5. The molecule has 9 atom stereocenters. The van der Waals surface area contributed by atoms with Gasteiger partial charge in [-0.15, -0.1) is 0 Å². The fraction of sp³-hybridized carbons (Fsp3) is 0.667. The van der Waals surface area contributed by atoms with Crippen molar-refractivity contribution in [2.45, 2.75) is 144 Å². The Morgan fingerprint density at radius 3 is 0.659 bits per heavy atom. The monoisotopic (exact) mass is 1330 g/mol. The van der Waals surface area contributed by atoms with Crippen molar-refractivity contribution in [1.82, 2.24) is 74.4 Å². The predicted octanol–water partition coefficient (Wildman–Crippen LogP) is -10.2. The summed E-state index contributed by atoms with van der Waals surface area (Å²) in [6.07, 6.45) is -0.195. The molecule has 0 heterocycles. The molecule has 3 unspecified atom stereocenters. The molecule has 0 spiro atoms. The van der Waals surface area contributed by atoms with Gasteiger partial charge in [0, 0.05) is 57.3 Å². The van der Waals surface area contributed by atoms with Crippen molar-refractivity contribution < 1.29 is 48.3 Å². The Hall–Kier alpha value is -9.26.